The van der Waals surface area contributed by atoms with Crippen LogP contribution in [-0.4, -0.2) is 20.0 Å². The predicted molar refractivity (Wildman–Crippen MR) is 78.9 cm³/mol. The zero-order valence-electron chi connectivity index (χ0n) is 12.2. The van der Waals surface area contributed by atoms with Gasteiger partial charge in [-0.3, -0.25) is 4.79 Å². The molecule has 104 valence electrons. The molecule has 0 N–H and O–H groups in total. The smallest absolute Gasteiger partial charge is 0.193 e. The number of carbonyl (C=O) groups is 1. The third-order valence-corrected chi connectivity index (χ3v) is 3.35. The van der Waals surface area contributed by atoms with Gasteiger partial charge in [-0.2, -0.15) is 0 Å². The minimum Gasteiger partial charge on any atom is -0.493 e. The molecule has 0 fully saturated rings. The number of carbonyl (C=O) groups excluding carboxylic acids is 1. The molecule has 0 spiro atoms. The van der Waals surface area contributed by atoms with Crippen LogP contribution in [0.15, 0.2) is 36.4 Å². The Morgan fingerprint density at radius 1 is 0.900 bits per heavy atom. The van der Waals surface area contributed by atoms with Crippen molar-refractivity contribution >= 4 is 5.78 Å². The largest absolute Gasteiger partial charge is 0.493 e. The van der Waals surface area contributed by atoms with Crippen molar-refractivity contribution < 1.29 is 14.3 Å². The van der Waals surface area contributed by atoms with Gasteiger partial charge in [-0.05, 0) is 43.2 Å². The summed E-state index contributed by atoms with van der Waals surface area (Å²) in [5.74, 6) is 1.18. The van der Waals surface area contributed by atoms with E-state index in [1.165, 1.54) is 0 Å². The fourth-order valence-electron chi connectivity index (χ4n) is 2.29. The van der Waals surface area contributed by atoms with Crippen molar-refractivity contribution in [3.05, 3.63) is 58.7 Å². The van der Waals surface area contributed by atoms with Gasteiger partial charge in [0.25, 0.3) is 0 Å². The minimum absolute atomic E-state index is 0.00144. The summed E-state index contributed by atoms with van der Waals surface area (Å²) in [4.78, 5) is 12.7. The summed E-state index contributed by atoms with van der Waals surface area (Å²) in [6.45, 7) is 3.89. The number of aryl methyl sites for hydroxylation is 2. The van der Waals surface area contributed by atoms with Gasteiger partial charge in [0.15, 0.2) is 17.3 Å². The van der Waals surface area contributed by atoms with E-state index in [0.717, 1.165) is 16.7 Å². The van der Waals surface area contributed by atoms with E-state index in [9.17, 15) is 4.79 Å². The molecule has 0 saturated heterocycles. The zero-order chi connectivity index (χ0) is 14.7. The second-order valence-corrected chi connectivity index (χ2v) is 4.67. The molecule has 0 aromatic heterocycles. The van der Waals surface area contributed by atoms with Crippen molar-refractivity contribution in [2.45, 2.75) is 13.8 Å². The Labute approximate surface area is 119 Å². The van der Waals surface area contributed by atoms with Crippen LogP contribution < -0.4 is 9.47 Å². The van der Waals surface area contributed by atoms with Gasteiger partial charge in [0.1, 0.15) is 0 Å². The third-order valence-electron chi connectivity index (χ3n) is 3.35. The van der Waals surface area contributed by atoms with Gasteiger partial charge < -0.3 is 9.47 Å². The second-order valence-electron chi connectivity index (χ2n) is 4.67. The van der Waals surface area contributed by atoms with E-state index in [-0.39, 0.29) is 5.78 Å². The number of ketones is 1. The molecule has 0 radical (unpaired) electrons. The van der Waals surface area contributed by atoms with Crippen LogP contribution in [0.1, 0.15) is 27.0 Å². The van der Waals surface area contributed by atoms with E-state index in [4.69, 9.17) is 9.47 Å². The lowest BCUT2D eigenvalue weighted by Gasteiger charge is -2.11. The number of hydrogen-bond acceptors (Lipinski definition) is 3. The lowest BCUT2D eigenvalue weighted by Crippen LogP contribution is -2.06. The molecule has 0 unspecified atom stereocenters. The molecule has 3 heteroatoms. The molecule has 0 amide bonds. The molecule has 2 aromatic rings. The minimum atomic E-state index is 0.00144. The molecule has 20 heavy (non-hydrogen) atoms. The molecule has 2 rings (SSSR count). The number of methoxy groups -OCH3 is 2. The first-order valence-electron chi connectivity index (χ1n) is 6.41. The van der Waals surface area contributed by atoms with E-state index < -0.39 is 0 Å². The van der Waals surface area contributed by atoms with Crippen molar-refractivity contribution in [1.29, 1.82) is 0 Å². The van der Waals surface area contributed by atoms with Gasteiger partial charge >= 0.3 is 0 Å². The van der Waals surface area contributed by atoms with Crippen LogP contribution in [0.25, 0.3) is 0 Å². The van der Waals surface area contributed by atoms with E-state index in [1.807, 2.05) is 32.0 Å². The van der Waals surface area contributed by atoms with Crippen LogP contribution in [0, 0.1) is 13.8 Å². The first-order valence-corrected chi connectivity index (χ1v) is 6.41. The van der Waals surface area contributed by atoms with Crippen molar-refractivity contribution in [3.8, 4) is 11.5 Å². The van der Waals surface area contributed by atoms with Crippen molar-refractivity contribution in [1.82, 2.24) is 0 Å². The van der Waals surface area contributed by atoms with Crippen LogP contribution in [0.3, 0.4) is 0 Å². The first-order chi connectivity index (χ1) is 9.58. The summed E-state index contributed by atoms with van der Waals surface area (Å²) >= 11 is 0. The maximum Gasteiger partial charge on any atom is 0.193 e. The summed E-state index contributed by atoms with van der Waals surface area (Å²) in [7, 11) is 3.13. The number of rotatable bonds is 4. The van der Waals surface area contributed by atoms with Gasteiger partial charge in [-0.25, -0.2) is 0 Å². The maximum absolute atomic E-state index is 12.7. The van der Waals surface area contributed by atoms with E-state index in [2.05, 4.69) is 0 Å². The van der Waals surface area contributed by atoms with Gasteiger partial charge in [0, 0.05) is 11.1 Å². The highest BCUT2D eigenvalue weighted by Crippen LogP contribution is 2.29. The van der Waals surface area contributed by atoms with E-state index in [1.54, 1.807) is 32.4 Å². The number of benzene rings is 2. The Hall–Kier alpha value is -2.29. The topological polar surface area (TPSA) is 35.5 Å². The molecular formula is C17H18O3. The summed E-state index contributed by atoms with van der Waals surface area (Å²) < 4.78 is 10.4. The highest BCUT2D eigenvalue weighted by Gasteiger charge is 2.16. The van der Waals surface area contributed by atoms with Crippen LogP contribution in [0.4, 0.5) is 0 Å². The molecular weight excluding hydrogens is 252 g/mol. The highest BCUT2D eigenvalue weighted by molar-refractivity contribution is 6.11. The molecule has 0 heterocycles. The Bertz CT molecular complexity index is 624. The Balaban J connectivity index is 2.49. The monoisotopic (exact) mass is 270 g/mol. The lowest BCUT2D eigenvalue weighted by atomic mass is 9.95. The van der Waals surface area contributed by atoms with Crippen LogP contribution in [-0.2, 0) is 0 Å². The standard InChI is InChI=1S/C17H18O3/c1-11-6-5-7-12(2)16(11)17(18)13-8-9-14(19-3)15(10-13)20-4/h5-10H,1-4H3. The average molecular weight is 270 g/mol. The van der Waals surface area contributed by atoms with Gasteiger partial charge in [-0.1, -0.05) is 18.2 Å². The summed E-state index contributed by atoms with van der Waals surface area (Å²) in [6.07, 6.45) is 0. The molecule has 3 nitrogen and oxygen atoms in total. The number of ether oxygens (including phenoxy) is 2. The molecule has 0 aliphatic rings. The molecule has 0 aliphatic heterocycles. The first kappa shape index (κ1) is 14.1. The third kappa shape index (κ3) is 2.52. The van der Waals surface area contributed by atoms with Crippen molar-refractivity contribution in [3.63, 3.8) is 0 Å². The summed E-state index contributed by atoms with van der Waals surface area (Å²) in [6, 6.07) is 11.1. The molecule has 0 saturated carbocycles. The Kier molecular flexibility index (Phi) is 4.08. The van der Waals surface area contributed by atoms with Crippen LogP contribution in [0.5, 0.6) is 11.5 Å². The van der Waals surface area contributed by atoms with E-state index in [0.29, 0.717) is 17.1 Å². The molecule has 2 aromatic carbocycles. The van der Waals surface area contributed by atoms with Crippen LogP contribution >= 0.6 is 0 Å². The number of hydrogen-bond donors (Lipinski definition) is 0. The summed E-state index contributed by atoms with van der Waals surface area (Å²) in [5, 5.41) is 0. The van der Waals surface area contributed by atoms with Crippen molar-refractivity contribution in [2.24, 2.45) is 0 Å². The quantitative estimate of drug-likeness (QED) is 0.797. The fraction of sp³-hybridized carbons (Fsp3) is 0.235. The predicted octanol–water partition coefficient (Wildman–Crippen LogP) is 3.55. The van der Waals surface area contributed by atoms with Gasteiger partial charge in [-0.15, -0.1) is 0 Å². The SMILES string of the molecule is COc1ccc(C(=O)c2c(C)cccc2C)cc1OC. The maximum atomic E-state index is 12.7. The van der Waals surface area contributed by atoms with Crippen molar-refractivity contribution in [2.75, 3.05) is 14.2 Å². The van der Waals surface area contributed by atoms with Gasteiger partial charge in [0.2, 0.25) is 0 Å². The van der Waals surface area contributed by atoms with Gasteiger partial charge in [0.05, 0.1) is 14.2 Å². The van der Waals surface area contributed by atoms with E-state index >= 15 is 0 Å². The summed E-state index contributed by atoms with van der Waals surface area (Å²) in [5.41, 5.74) is 3.30. The molecule has 0 aliphatic carbocycles. The Morgan fingerprint density at radius 2 is 1.50 bits per heavy atom. The average Bonchev–Trinajstić information content (AvgIpc) is 2.46. The Morgan fingerprint density at radius 3 is 2.05 bits per heavy atom. The molecule has 0 atom stereocenters. The molecule has 0 bridgehead atoms. The lowest BCUT2D eigenvalue weighted by molar-refractivity contribution is 0.103. The zero-order valence-corrected chi connectivity index (χ0v) is 12.2. The van der Waals surface area contributed by atoms with Crippen LogP contribution in [0.2, 0.25) is 0 Å². The highest BCUT2D eigenvalue weighted by atomic mass is 16.5. The second kappa shape index (κ2) is 5.78. The normalized spacial score (nSPS) is 10.2. The fourth-order valence-corrected chi connectivity index (χ4v) is 2.29.